The van der Waals surface area contributed by atoms with Gasteiger partial charge in [-0.05, 0) is 6.07 Å². The molecule has 0 unspecified atom stereocenters. The Morgan fingerprint density at radius 2 is 2.00 bits per heavy atom. The van der Waals surface area contributed by atoms with E-state index in [1.165, 1.54) is 0 Å². The number of hydrogen-bond donors (Lipinski definition) is 0. The first kappa shape index (κ1) is 11.6. The summed E-state index contributed by atoms with van der Waals surface area (Å²) >= 11 is 0. The molecule has 0 radical (unpaired) electrons. The molecule has 0 N–H and O–H groups in total. The number of pyridine rings is 1. The first-order chi connectivity index (χ1) is 6.88. The zero-order valence-electron chi connectivity index (χ0n) is 7.51. The molecule has 0 saturated heterocycles. The van der Waals surface area contributed by atoms with Crippen LogP contribution < -0.4 is 0 Å². The van der Waals surface area contributed by atoms with Crippen molar-refractivity contribution in [3.8, 4) is 0 Å². The van der Waals surface area contributed by atoms with Gasteiger partial charge in [0.1, 0.15) is 5.82 Å². The molecule has 0 aliphatic carbocycles. The summed E-state index contributed by atoms with van der Waals surface area (Å²) in [6, 6.07) is 0.867. The minimum Gasteiger partial charge on any atom is -0.294 e. The SMILES string of the molecule is O=C(CCC(F)(F)F)c1cncc(F)c1. The van der Waals surface area contributed by atoms with Crippen molar-refractivity contribution in [3.05, 3.63) is 29.8 Å². The molecule has 0 aliphatic rings. The van der Waals surface area contributed by atoms with Crippen LogP contribution in [0.2, 0.25) is 0 Å². The van der Waals surface area contributed by atoms with Crippen LogP contribution in [0.15, 0.2) is 18.5 Å². The zero-order chi connectivity index (χ0) is 11.5. The number of rotatable bonds is 3. The molecule has 82 valence electrons. The third kappa shape index (κ3) is 4.05. The Bertz CT molecular complexity index is 361. The van der Waals surface area contributed by atoms with Crippen LogP contribution in [0, 0.1) is 5.82 Å². The predicted octanol–water partition coefficient (Wildman–Crippen LogP) is 2.75. The number of aromatic nitrogens is 1. The molecule has 15 heavy (non-hydrogen) atoms. The fourth-order valence-corrected chi connectivity index (χ4v) is 0.964. The number of alkyl halides is 3. The number of nitrogens with zero attached hydrogens (tertiary/aromatic N) is 1. The van der Waals surface area contributed by atoms with Crippen molar-refractivity contribution in [1.82, 2.24) is 4.98 Å². The lowest BCUT2D eigenvalue weighted by Gasteiger charge is -2.04. The molecule has 0 saturated carbocycles. The van der Waals surface area contributed by atoms with Gasteiger partial charge < -0.3 is 0 Å². The van der Waals surface area contributed by atoms with Crippen molar-refractivity contribution < 1.29 is 22.4 Å². The molecule has 0 fully saturated rings. The monoisotopic (exact) mass is 221 g/mol. The van der Waals surface area contributed by atoms with Crippen LogP contribution >= 0.6 is 0 Å². The molecule has 0 bridgehead atoms. The number of ketones is 1. The highest BCUT2D eigenvalue weighted by atomic mass is 19.4. The van der Waals surface area contributed by atoms with Crippen molar-refractivity contribution >= 4 is 5.78 Å². The van der Waals surface area contributed by atoms with Crippen molar-refractivity contribution in [2.24, 2.45) is 0 Å². The van der Waals surface area contributed by atoms with E-state index >= 15 is 0 Å². The van der Waals surface area contributed by atoms with E-state index < -0.39 is 30.6 Å². The Hall–Kier alpha value is -1.46. The third-order valence-electron chi connectivity index (χ3n) is 1.66. The maximum Gasteiger partial charge on any atom is 0.389 e. The van der Waals surface area contributed by atoms with Crippen molar-refractivity contribution in [2.75, 3.05) is 0 Å². The van der Waals surface area contributed by atoms with Crippen molar-refractivity contribution in [3.63, 3.8) is 0 Å². The van der Waals surface area contributed by atoms with Crippen LogP contribution in [0.3, 0.4) is 0 Å². The van der Waals surface area contributed by atoms with Crippen LogP contribution in [-0.4, -0.2) is 16.9 Å². The zero-order valence-corrected chi connectivity index (χ0v) is 7.51. The summed E-state index contributed by atoms with van der Waals surface area (Å²) in [4.78, 5) is 14.5. The predicted molar refractivity (Wildman–Crippen MR) is 43.8 cm³/mol. The van der Waals surface area contributed by atoms with Gasteiger partial charge in [-0.3, -0.25) is 9.78 Å². The van der Waals surface area contributed by atoms with Gasteiger partial charge in [-0.1, -0.05) is 0 Å². The Morgan fingerprint density at radius 3 is 2.53 bits per heavy atom. The van der Waals surface area contributed by atoms with Crippen LogP contribution in [0.25, 0.3) is 0 Å². The van der Waals surface area contributed by atoms with Crippen molar-refractivity contribution in [2.45, 2.75) is 19.0 Å². The van der Waals surface area contributed by atoms with Crippen molar-refractivity contribution in [1.29, 1.82) is 0 Å². The van der Waals surface area contributed by atoms with Crippen LogP contribution in [0.4, 0.5) is 17.6 Å². The van der Waals surface area contributed by atoms with Gasteiger partial charge in [0.2, 0.25) is 0 Å². The highest BCUT2D eigenvalue weighted by molar-refractivity contribution is 5.95. The van der Waals surface area contributed by atoms with E-state index in [0.29, 0.717) is 0 Å². The summed E-state index contributed by atoms with van der Waals surface area (Å²) in [6.45, 7) is 0. The fourth-order valence-electron chi connectivity index (χ4n) is 0.964. The number of carbonyl (C=O) groups is 1. The average Bonchev–Trinajstić information content (AvgIpc) is 2.13. The lowest BCUT2D eigenvalue weighted by atomic mass is 10.1. The molecule has 0 aliphatic heterocycles. The minimum absolute atomic E-state index is 0.140. The quantitative estimate of drug-likeness (QED) is 0.580. The van der Waals surface area contributed by atoms with Crippen LogP contribution in [-0.2, 0) is 0 Å². The maximum atomic E-state index is 12.6. The largest absolute Gasteiger partial charge is 0.389 e. The van der Waals surface area contributed by atoms with Gasteiger partial charge in [0.25, 0.3) is 0 Å². The van der Waals surface area contributed by atoms with E-state index in [1.54, 1.807) is 0 Å². The van der Waals surface area contributed by atoms with E-state index in [2.05, 4.69) is 4.98 Å². The van der Waals surface area contributed by atoms with E-state index in [1.807, 2.05) is 0 Å². The molecule has 6 heteroatoms. The molecule has 1 rings (SSSR count). The fraction of sp³-hybridized carbons (Fsp3) is 0.333. The molecule has 1 aromatic heterocycles. The Kier molecular flexibility index (Phi) is 3.39. The molecule has 0 spiro atoms. The van der Waals surface area contributed by atoms with Gasteiger partial charge in [0.05, 0.1) is 12.6 Å². The van der Waals surface area contributed by atoms with Gasteiger partial charge in [-0.2, -0.15) is 13.2 Å². The Balaban J connectivity index is 2.62. The van der Waals surface area contributed by atoms with Crippen LogP contribution in [0.5, 0.6) is 0 Å². The molecule has 1 aromatic rings. The minimum atomic E-state index is -4.38. The molecule has 2 nitrogen and oxygen atoms in total. The maximum absolute atomic E-state index is 12.6. The standard InChI is InChI=1S/C9H7F4NO/c10-7-3-6(4-14-5-7)8(15)1-2-9(11,12)13/h3-5H,1-2H2. The highest BCUT2D eigenvalue weighted by Gasteiger charge is 2.28. The smallest absolute Gasteiger partial charge is 0.294 e. The lowest BCUT2D eigenvalue weighted by Crippen LogP contribution is -2.11. The van der Waals surface area contributed by atoms with Gasteiger partial charge in [0.15, 0.2) is 5.78 Å². The summed E-state index contributed by atoms with van der Waals surface area (Å²) in [5, 5.41) is 0. The molecule has 0 aromatic carbocycles. The van der Waals surface area contributed by atoms with E-state index in [4.69, 9.17) is 0 Å². The average molecular weight is 221 g/mol. The molecule has 0 amide bonds. The van der Waals surface area contributed by atoms with Crippen LogP contribution in [0.1, 0.15) is 23.2 Å². The lowest BCUT2D eigenvalue weighted by molar-refractivity contribution is -0.133. The molecule has 1 heterocycles. The van der Waals surface area contributed by atoms with Gasteiger partial charge in [-0.15, -0.1) is 0 Å². The second-order valence-corrected chi connectivity index (χ2v) is 2.93. The van der Waals surface area contributed by atoms with Gasteiger partial charge in [0, 0.05) is 18.2 Å². The summed E-state index contributed by atoms with van der Waals surface area (Å²) in [5.41, 5.74) is -0.140. The van der Waals surface area contributed by atoms with E-state index in [9.17, 15) is 22.4 Å². The summed E-state index contributed by atoms with van der Waals surface area (Å²) < 4.78 is 47.9. The second kappa shape index (κ2) is 4.37. The normalized spacial score (nSPS) is 11.5. The summed E-state index contributed by atoms with van der Waals surface area (Å²) in [6.07, 6.45) is -4.35. The number of carbonyl (C=O) groups excluding carboxylic acids is 1. The number of hydrogen-bond acceptors (Lipinski definition) is 2. The first-order valence-electron chi connectivity index (χ1n) is 4.09. The Morgan fingerprint density at radius 1 is 1.33 bits per heavy atom. The third-order valence-corrected chi connectivity index (χ3v) is 1.66. The van der Waals surface area contributed by atoms with E-state index in [0.717, 1.165) is 18.5 Å². The number of Topliss-reactive ketones (excluding diaryl/α,β-unsaturated/α-hetero) is 1. The highest BCUT2D eigenvalue weighted by Crippen LogP contribution is 2.22. The number of halogens is 4. The molecular formula is C9H7F4NO. The summed E-state index contributed by atoms with van der Waals surface area (Å²) in [5.74, 6) is -1.51. The van der Waals surface area contributed by atoms with E-state index in [-0.39, 0.29) is 5.56 Å². The summed E-state index contributed by atoms with van der Waals surface area (Å²) in [7, 11) is 0. The topological polar surface area (TPSA) is 30.0 Å². The Labute approximate surface area is 82.9 Å². The molecular weight excluding hydrogens is 214 g/mol. The second-order valence-electron chi connectivity index (χ2n) is 2.93. The molecule has 0 atom stereocenters. The van der Waals surface area contributed by atoms with Gasteiger partial charge >= 0.3 is 6.18 Å². The first-order valence-corrected chi connectivity index (χ1v) is 4.09. The van der Waals surface area contributed by atoms with Gasteiger partial charge in [-0.25, -0.2) is 4.39 Å².